The lowest BCUT2D eigenvalue weighted by Gasteiger charge is -2.21. The number of amides is 1. The predicted molar refractivity (Wildman–Crippen MR) is 132 cm³/mol. The van der Waals surface area contributed by atoms with Crippen LogP contribution in [0.4, 0.5) is 5.69 Å². The van der Waals surface area contributed by atoms with Crippen LogP contribution >= 0.6 is 0 Å². The first-order chi connectivity index (χ1) is 15.2. The Labute approximate surface area is 189 Å². The van der Waals surface area contributed by atoms with E-state index in [1.807, 2.05) is 0 Å². The van der Waals surface area contributed by atoms with Crippen LogP contribution in [0.3, 0.4) is 0 Å². The minimum Gasteiger partial charge on any atom is -0.312 e. The third-order valence-electron chi connectivity index (χ3n) is 6.57. The van der Waals surface area contributed by atoms with Gasteiger partial charge in [-0.3, -0.25) is 9.69 Å². The Kier molecular flexibility index (Phi) is 9.61. The van der Waals surface area contributed by atoms with Crippen LogP contribution in [-0.4, -0.2) is 30.4 Å². The van der Waals surface area contributed by atoms with Gasteiger partial charge in [0.25, 0.3) is 0 Å². The highest BCUT2D eigenvalue weighted by Crippen LogP contribution is 2.40. The molecule has 1 amide bonds. The summed E-state index contributed by atoms with van der Waals surface area (Å²) in [6.45, 7) is 8.55. The van der Waals surface area contributed by atoms with Crippen molar-refractivity contribution in [3.05, 3.63) is 65.7 Å². The highest BCUT2D eigenvalue weighted by molar-refractivity contribution is 6.04. The van der Waals surface area contributed by atoms with Gasteiger partial charge in [-0.1, -0.05) is 94.5 Å². The maximum absolute atomic E-state index is 13.2. The third-order valence-corrected chi connectivity index (χ3v) is 6.57. The number of fused-ring (bicyclic) bond motifs is 1. The number of hydrogen-bond acceptors (Lipinski definition) is 2. The molecule has 1 atom stereocenters. The van der Waals surface area contributed by atoms with Crippen LogP contribution in [0.2, 0.25) is 0 Å². The lowest BCUT2D eigenvalue weighted by Crippen LogP contribution is -2.30. The van der Waals surface area contributed by atoms with E-state index in [0.717, 1.165) is 51.1 Å². The topological polar surface area (TPSA) is 23.6 Å². The molecule has 0 aliphatic carbocycles. The zero-order valence-corrected chi connectivity index (χ0v) is 19.6. The molecule has 3 heteroatoms. The van der Waals surface area contributed by atoms with E-state index >= 15 is 0 Å². The molecule has 0 saturated carbocycles. The Hall–Kier alpha value is -2.13. The van der Waals surface area contributed by atoms with E-state index in [0.29, 0.717) is 5.91 Å². The third kappa shape index (κ3) is 6.67. The number of hydrogen-bond donors (Lipinski definition) is 0. The number of anilines is 1. The van der Waals surface area contributed by atoms with Gasteiger partial charge in [0.1, 0.15) is 0 Å². The molecule has 1 aliphatic rings. The van der Waals surface area contributed by atoms with Gasteiger partial charge < -0.3 is 4.90 Å². The van der Waals surface area contributed by atoms with Crippen molar-refractivity contribution in [3.63, 3.8) is 0 Å². The van der Waals surface area contributed by atoms with Crippen molar-refractivity contribution in [1.29, 1.82) is 0 Å². The van der Waals surface area contributed by atoms with E-state index in [2.05, 4.69) is 78.2 Å². The molecule has 1 heterocycles. The van der Waals surface area contributed by atoms with Crippen molar-refractivity contribution in [2.24, 2.45) is 0 Å². The van der Waals surface area contributed by atoms with Gasteiger partial charge in [-0.25, -0.2) is 0 Å². The largest absolute Gasteiger partial charge is 0.312 e. The molecule has 0 aromatic heterocycles. The van der Waals surface area contributed by atoms with E-state index in [-0.39, 0.29) is 5.92 Å². The number of unbranched alkanes of at least 4 members (excludes halogenated alkanes) is 5. The summed E-state index contributed by atoms with van der Waals surface area (Å²) in [6.07, 6.45) is 9.32. The quantitative estimate of drug-likeness (QED) is 0.315. The van der Waals surface area contributed by atoms with Crippen LogP contribution < -0.4 is 4.90 Å². The Bertz CT molecular complexity index is 789. The molecular formula is C28H40N2O. The molecule has 2 aromatic rings. The molecule has 0 bridgehead atoms. The minimum absolute atomic E-state index is 0.0783. The smallest absolute Gasteiger partial charge is 0.234 e. The summed E-state index contributed by atoms with van der Waals surface area (Å²) in [5, 5.41) is 0. The molecule has 2 aromatic carbocycles. The van der Waals surface area contributed by atoms with Crippen molar-refractivity contribution in [3.8, 4) is 0 Å². The van der Waals surface area contributed by atoms with Crippen LogP contribution in [-0.2, 0) is 11.3 Å². The molecule has 1 aliphatic heterocycles. The van der Waals surface area contributed by atoms with Crippen molar-refractivity contribution in [2.45, 2.75) is 77.7 Å². The fourth-order valence-corrected chi connectivity index (χ4v) is 4.73. The molecule has 0 radical (unpaired) electrons. The second-order valence-electron chi connectivity index (χ2n) is 8.87. The van der Waals surface area contributed by atoms with Gasteiger partial charge >= 0.3 is 0 Å². The lowest BCUT2D eigenvalue weighted by molar-refractivity contribution is -0.119. The molecular weight excluding hydrogens is 380 g/mol. The fourth-order valence-electron chi connectivity index (χ4n) is 4.73. The van der Waals surface area contributed by atoms with Gasteiger partial charge in [-0.2, -0.15) is 0 Å². The zero-order valence-electron chi connectivity index (χ0n) is 19.6. The number of carbonyl (C=O) groups is 1. The molecule has 3 rings (SSSR count). The number of rotatable bonds is 14. The predicted octanol–water partition coefficient (Wildman–Crippen LogP) is 6.78. The van der Waals surface area contributed by atoms with E-state index in [1.165, 1.54) is 43.2 Å². The first-order valence-electron chi connectivity index (χ1n) is 12.4. The van der Waals surface area contributed by atoms with Crippen LogP contribution in [0.1, 0.15) is 82.3 Å². The molecule has 3 nitrogen and oxygen atoms in total. The Morgan fingerprint density at radius 1 is 0.839 bits per heavy atom. The first kappa shape index (κ1) is 23.5. The van der Waals surface area contributed by atoms with Crippen LogP contribution in [0.15, 0.2) is 54.6 Å². The Balaban J connectivity index is 1.44. The highest BCUT2D eigenvalue weighted by Gasteiger charge is 2.35. The number of nitrogens with zero attached hydrogens (tertiary/aromatic N) is 2. The maximum Gasteiger partial charge on any atom is 0.234 e. The van der Waals surface area contributed by atoms with Crippen molar-refractivity contribution < 1.29 is 4.79 Å². The van der Waals surface area contributed by atoms with Gasteiger partial charge in [-0.05, 0) is 49.5 Å². The van der Waals surface area contributed by atoms with E-state index < -0.39 is 0 Å². The number of benzene rings is 2. The molecule has 0 fully saturated rings. The lowest BCUT2D eigenvalue weighted by atomic mass is 9.94. The second-order valence-corrected chi connectivity index (χ2v) is 8.87. The monoisotopic (exact) mass is 420 g/mol. The molecule has 1 unspecified atom stereocenters. The summed E-state index contributed by atoms with van der Waals surface area (Å²) in [4.78, 5) is 17.7. The summed E-state index contributed by atoms with van der Waals surface area (Å²) >= 11 is 0. The van der Waals surface area contributed by atoms with Crippen molar-refractivity contribution >= 4 is 11.6 Å². The van der Waals surface area contributed by atoms with E-state index in [9.17, 15) is 4.79 Å². The van der Waals surface area contributed by atoms with Crippen molar-refractivity contribution in [2.75, 3.05) is 24.5 Å². The summed E-state index contributed by atoms with van der Waals surface area (Å²) in [6, 6.07) is 19.2. The molecule has 0 N–H and O–H groups in total. The Morgan fingerprint density at radius 2 is 1.58 bits per heavy atom. The maximum atomic E-state index is 13.2. The Morgan fingerprint density at radius 3 is 2.35 bits per heavy atom. The summed E-state index contributed by atoms with van der Waals surface area (Å²) in [7, 11) is 0. The summed E-state index contributed by atoms with van der Waals surface area (Å²) in [5.74, 6) is 0.409. The normalized spacial score (nSPS) is 15.6. The van der Waals surface area contributed by atoms with Gasteiger partial charge in [0, 0.05) is 18.8 Å². The average Bonchev–Trinajstić information content (AvgIpc) is 3.07. The van der Waals surface area contributed by atoms with Crippen LogP contribution in [0, 0.1) is 0 Å². The molecule has 0 spiro atoms. The SMILES string of the molecule is CCCCCCC1C(=O)N(CCCCCN(CC)Cc2ccccc2)c2ccccc21. The number of para-hydroxylation sites is 1. The van der Waals surface area contributed by atoms with Gasteiger partial charge in [0.05, 0.1) is 5.92 Å². The summed E-state index contributed by atoms with van der Waals surface area (Å²) < 4.78 is 0. The van der Waals surface area contributed by atoms with E-state index in [1.54, 1.807) is 0 Å². The van der Waals surface area contributed by atoms with Crippen LogP contribution in [0.25, 0.3) is 0 Å². The van der Waals surface area contributed by atoms with Gasteiger partial charge in [-0.15, -0.1) is 0 Å². The minimum atomic E-state index is 0.0783. The standard InChI is InChI=1S/C28H40N2O/c1-3-5-6-11-19-26-25-18-12-13-20-27(25)30(28(26)31)22-15-8-14-21-29(4-2)23-24-16-9-7-10-17-24/h7,9-10,12-13,16-18,20,26H,3-6,8,11,14-15,19,21-23H2,1-2H3. The van der Waals surface area contributed by atoms with Crippen LogP contribution in [0.5, 0.6) is 0 Å². The highest BCUT2D eigenvalue weighted by atomic mass is 16.2. The molecule has 168 valence electrons. The first-order valence-corrected chi connectivity index (χ1v) is 12.4. The van der Waals surface area contributed by atoms with Crippen molar-refractivity contribution in [1.82, 2.24) is 4.90 Å². The molecule has 0 saturated heterocycles. The zero-order chi connectivity index (χ0) is 21.9. The van der Waals surface area contributed by atoms with Gasteiger partial charge in [0.2, 0.25) is 5.91 Å². The fraction of sp³-hybridized carbons (Fsp3) is 0.536. The second kappa shape index (κ2) is 12.7. The van der Waals surface area contributed by atoms with E-state index in [4.69, 9.17) is 0 Å². The number of carbonyl (C=O) groups excluding carboxylic acids is 1. The van der Waals surface area contributed by atoms with Gasteiger partial charge in [0.15, 0.2) is 0 Å². The molecule has 31 heavy (non-hydrogen) atoms. The average molecular weight is 421 g/mol. The summed E-state index contributed by atoms with van der Waals surface area (Å²) in [5.41, 5.74) is 3.80.